The van der Waals surface area contributed by atoms with Gasteiger partial charge in [-0.2, -0.15) is 0 Å². The fraction of sp³-hybridized carbons (Fsp3) is 0.0741. The fourth-order valence-electron chi connectivity index (χ4n) is 4.05. The monoisotopic (exact) mass is 512 g/mol. The quantitative estimate of drug-likeness (QED) is 0.335. The summed E-state index contributed by atoms with van der Waals surface area (Å²) in [6, 6.07) is 26.4. The van der Waals surface area contributed by atoms with Crippen molar-refractivity contribution in [1.82, 2.24) is 14.3 Å². The molecule has 0 bridgehead atoms. The topological polar surface area (TPSA) is 68.9 Å². The molecule has 6 nitrogen and oxygen atoms in total. The van der Waals surface area contributed by atoms with Gasteiger partial charge in [-0.1, -0.05) is 64.5 Å². The van der Waals surface area contributed by atoms with Crippen LogP contribution in [0.25, 0.3) is 27.8 Å². The highest BCUT2D eigenvalue weighted by Gasteiger charge is 2.21. The summed E-state index contributed by atoms with van der Waals surface area (Å²) in [6.07, 6.45) is 0. The van der Waals surface area contributed by atoms with Gasteiger partial charge in [-0.15, -0.1) is 0 Å². The summed E-state index contributed by atoms with van der Waals surface area (Å²) in [4.78, 5) is 31.6. The number of halogens is 1. The molecule has 1 amide bonds. The highest BCUT2D eigenvalue weighted by atomic mass is 79.9. The molecule has 5 aromatic rings. The standard InChI is InChI=1S/C27H21BrN4O2/c1-17-25(27(34)32(31(17)2)20-11-4-3-5-12-20)30-26(33)22-16-24(18-9-8-10-19(28)15-18)29-23-14-7-6-13-21(22)23/h3-16H,1-2H3,(H,30,33). The SMILES string of the molecule is Cc1c(NC(=O)c2cc(-c3cccc(Br)c3)nc3ccccc23)c(=O)n(-c2ccccc2)n1C. The molecule has 0 aliphatic rings. The van der Waals surface area contributed by atoms with Gasteiger partial charge >= 0.3 is 0 Å². The number of para-hydroxylation sites is 2. The Morgan fingerprint density at radius 1 is 0.941 bits per heavy atom. The van der Waals surface area contributed by atoms with Gasteiger partial charge in [-0.25, -0.2) is 9.67 Å². The van der Waals surface area contributed by atoms with Crippen molar-refractivity contribution in [1.29, 1.82) is 0 Å². The molecule has 0 spiro atoms. The number of amides is 1. The second kappa shape index (κ2) is 8.76. The molecule has 1 N–H and O–H groups in total. The largest absolute Gasteiger partial charge is 0.316 e. The number of carbonyl (C=O) groups is 1. The van der Waals surface area contributed by atoms with E-state index in [1.807, 2.05) is 85.8 Å². The van der Waals surface area contributed by atoms with E-state index in [9.17, 15) is 9.59 Å². The maximum atomic E-state index is 13.5. The Labute approximate surface area is 204 Å². The number of nitrogens with one attached hydrogen (secondary N) is 1. The average Bonchev–Trinajstić information content (AvgIpc) is 3.06. The van der Waals surface area contributed by atoms with E-state index in [4.69, 9.17) is 4.98 Å². The number of anilines is 1. The van der Waals surface area contributed by atoms with E-state index in [1.165, 1.54) is 0 Å². The van der Waals surface area contributed by atoms with Crippen LogP contribution in [0.4, 0.5) is 5.69 Å². The summed E-state index contributed by atoms with van der Waals surface area (Å²) in [6.45, 7) is 1.81. The van der Waals surface area contributed by atoms with Crippen molar-refractivity contribution < 1.29 is 4.79 Å². The third-order valence-corrected chi connectivity index (χ3v) is 6.37. The Kier molecular flexibility index (Phi) is 5.63. The van der Waals surface area contributed by atoms with Crippen LogP contribution >= 0.6 is 15.9 Å². The van der Waals surface area contributed by atoms with Crippen LogP contribution in [0.2, 0.25) is 0 Å². The molecule has 0 unspecified atom stereocenters. The molecule has 0 saturated heterocycles. The molecule has 34 heavy (non-hydrogen) atoms. The fourth-order valence-corrected chi connectivity index (χ4v) is 4.45. The molecular weight excluding hydrogens is 492 g/mol. The normalized spacial score (nSPS) is 11.0. The van der Waals surface area contributed by atoms with Crippen LogP contribution in [0, 0.1) is 6.92 Å². The van der Waals surface area contributed by atoms with Crippen molar-refractivity contribution >= 4 is 38.4 Å². The first kappa shape index (κ1) is 21.9. The van der Waals surface area contributed by atoms with Gasteiger partial charge < -0.3 is 5.32 Å². The third-order valence-electron chi connectivity index (χ3n) is 5.87. The lowest BCUT2D eigenvalue weighted by Gasteiger charge is -2.10. The van der Waals surface area contributed by atoms with Crippen molar-refractivity contribution in [3.8, 4) is 16.9 Å². The number of rotatable bonds is 4. The first-order valence-electron chi connectivity index (χ1n) is 10.7. The zero-order chi connectivity index (χ0) is 23.8. The predicted octanol–water partition coefficient (Wildman–Crippen LogP) is 5.71. The van der Waals surface area contributed by atoms with Crippen LogP contribution in [-0.4, -0.2) is 20.3 Å². The average molecular weight is 513 g/mol. The summed E-state index contributed by atoms with van der Waals surface area (Å²) in [7, 11) is 1.80. The van der Waals surface area contributed by atoms with Crippen molar-refractivity contribution in [3.05, 3.63) is 111 Å². The maximum Gasteiger partial charge on any atom is 0.295 e. The van der Waals surface area contributed by atoms with Crippen molar-refractivity contribution in [2.45, 2.75) is 6.92 Å². The summed E-state index contributed by atoms with van der Waals surface area (Å²) < 4.78 is 4.21. The molecule has 3 aromatic carbocycles. The van der Waals surface area contributed by atoms with Crippen LogP contribution in [0.3, 0.4) is 0 Å². The van der Waals surface area contributed by atoms with E-state index < -0.39 is 0 Å². The number of nitrogens with zero attached hydrogens (tertiary/aromatic N) is 3. The number of hydrogen-bond donors (Lipinski definition) is 1. The Morgan fingerprint density at radius 3 is 2.44 bits per heavy atom. The minimum atomic E-state index is -0.360. The van der Waals surface area contributed by atoms with E-state index in [0.29, 0.717) is 22.5 Å². The zero-order valence-corrected chi connectivity index (χ0v) is 20.2. The Hall–Kier alpha value is -3.97. The van der Waals surface area contributed by atoms with Crippen molar-refractivity contribution in [2.24, 2.45) is 7.05 Å². The molecule has 0 saturated carbocycles. The lowest BCUT2D eigenvalue weighted by atomic mass is 10.0. The number of pyridine rings is 1. The Bertz CT molecular complexity index is 1600. The minimum absolute atomic E-state index is 0.251. The smallest absolute Gasteiger partial charge is 0.295 e. The number of hydrogen-bond acceptors (Lipinski definition) is 3. The second-order valence-corrected chi connectivity index (χ2v) is 8.89. The van der Waals surface area contributed by atoms with E-state index in [2.05, 4.69) is 21.2 Å². The second-order valence-electron chi connectivity index (χ2n) is 7.97. The number of benzene rings is 3. The molecule has 5 rings (SSSR count). The molecule has 0 atom stereocenters. The molecule has 168 valence electrons. The predicted molar refractivity (Wildman–Crippen MR) is 139 cm³/mol. The summed E-state index contributed by atoms with van der Waals surface area (Å²) in [5.74, 6) is -0.360. The van der Waals surface area contributed by atoms with Crippen LogP contribution in [-0.2, 0) is 7.05 Å². The van der Waals surface area contributed by atoms with E-state index >= 15 is 0 Å². The van der Waals surface area contributed by atoms with Crippen LogP contribution in [0.5, 0.6) is 0 Å². The van der Waals surface area contributed by atoms with Gasteiger partial charge in [0.1, 0.15) is 5.69 Å². The minimum Gasteiger partial charge on any atom is -0.316 e. The van der Waals surface area contributed by atoms with Crippen LogP contribution in [0.1, 0.15) is 16.1 Å². The third kappa shape index (κ3) is 3.84. The van der Waals surface area contributed by atoms with Gasteiger partial charge in [0, 0.05) is 22.5 Å². The first-order valence-corrected chi connectivity index (χ1v) is 11.5. The lowest BCUT2D eigenvalue weighted by Crippen LogP contribution is -2.23. The molecule has 0 aliphatic heterocycles. The first-order chi connectivity index (χ1) is 16.4. The molecular formula is C27H21BrN4O2. The van der Waals surface area contributed by atoms with Gasteiger partial charge in [0.15, 0.2) is 0 Å². The van der Waals surface area contributed by atoms with Crippen LogP contribution < -0.4 is 10.9 Å². The lowest BCUT2D eigenvalue weighted by molar-refractivity contribution is 0.102. The van der Waals surface area contributed by atoms with E-state index in [-0.39, 0.29) is 17.2 Å². The van der Waals surface area contributed by atoms with E-state index in [1.54, 1.807) is 22.5 Å². The Morgan fingerprint density at radius 2 is 1.68 bits per heavy atom. The molecule has 0 radical (unpaired) electrons. The molecule has 2 heterocycles. The number of carbonyl (C=O) groups excluding carboxylic acids is 1. The van der Waals surface area contributed by atoms with Gasteiger partial charge in [0.25, 0.3) is 11.5 Å². The molecule has 7 heteroatoms. The van der Waals surface area contributed by atoms with Gasteiger partial charge in [-0.05, 0) is 43.3 Å². The molecule has 0 aliphatic carbocycles. The van der Waals surface area contributed by atoms with E-state index in [0.717, 1.165) is 21.1 Å². The highest BCUT2D eigenvalue weighted by Crippen LogP contribution is 2.27. The van der Waals surface area contributed by atoms with Crippen molar-refractivity contribution in [3.63, 3.8) is 0 Å². The summed E-state index contributed by atoms with van der Waals surface area (Å²) in [5, 5.41) is 3.60. The molecule has 0 fully saturated rings. The van der Waals surface area contributed by atoms with Gasteiger partial charge in [0.2, 0.25) is 0 Å². The zero-order valence-electron chi connectivity index (χ0n) is 18.6. The maximum absolute atomic E-state index is 13.5. The van der Waals surface area contributed by atoms with Gasteiger partial charge in [0.05, 0.1) is 28.2 Å². The summed E-state index contributed by atoms with van der Waals surface area (Å²) >= 11 is 3.50. The number of aromatic nitrogens is 3. The highest BCUT2D eigenvalue weighted by molar-refractivity contribution is 9.10. The number of fused-ring (bicyclic) bond motifs is 1. The van der Waals surface area contributed by atoms with Crippen LogP contribution in [0.15, 0.2) is 94.2 Å². The Balaban J connectivity index is 1.61. The van der Waals surface area contributed by atoms with Gasteiger partial charge in [-0.3, -0.25) is 14.3 Å². The van der Waals surface area contributed by atoms with Crippen molar-refractivity contribution in [2.75, 3.05) is 5.32 Å². The molecule has 2 aromatic heterocycles. The summed E-state index contributed by atoms with van der Waals surface area (Å²) in [5.41, 5.74) is 4.07.